The molecule has 2 N–H and O–H groups in total. The number of hydrogen-bond acceptors (Lipinski definition) is 6. The molecule has 0 radical (unpaired) electrons. The van der Waals surface area contributed by atoms with Crippen molar-refractivity contribution in [1.82, 2.24) is 9.97 Å². The number of halogens is 1. The second-order valence-corrected chi connectivity index (χ2v) is 7.03. The van der Waals surface area contributed by atoms with Crippen molar-refractivity contribution in [1.29, 1.82) is 0 Å². The van der Waals surface area contributed by atoms with Gasteiger partial charge >= 0.3 is 0 Å². The van der Waals surface area contributed by atoms with E-state index in [-0.39, 0.29) is 0 Å². The van der Waals surface area contributed by atoms with Crippen LogP contribution in [0.4, 0.5) is 28.8 Å². The van der Waals surface area contributed by atoms with Crippen LogP contribution >= 0.6 is 11.6 Å². The van der Waals surface area contributed by atoms with E-state index >= 15 is 0 Å². The number of para-hydroxylation sites is 2. The van der Waals surface area contributed by atoms with Crippen molar-refractivity contribution in [3.63, 3.8) is 0 Å². The van der Waals surface area contributed by atoms with Crippen molar-refractivity contribution in [2.45, 2.75) is 6.92 Å². The second kappa shape index (κ2) is 8.46. The number of morpholine rings is 1. The average Bonchev–Trinajstić information content (AvgIpc) is 2.72. The third-order valence-electron chi connectivity index (χ3n) is 4.61. The van der Waals surface area contributed by atoms with Gasteiger partial charge in [-0.2, -0.15) is 4.98 Å². The summed E-state index contributed by atoms with van der Waals surface area (Å²) in [6.07, 6.45) is 1.74. The Hall–Kier alpha value is -2.83. The fraction of sp³-hybridized carbons (Fsp3) is 0.238. The van der Waals surface area contributed by atoms with Gasteiger partial charge in [-0.05, 0) is 48.9 Å². The molecule has 1 aromatic heterocycles. The maximum Gasteiger partial charge on any atom is 0.229 e. The lowest BCUT2D eigenvalue weighted by Gasteiger charge is -2.30. The maximum atomic E-state index is 6.04. The molecule has 0 amide bonds. The first-order chi connectivity index (χ1) is 13.7. The minimum atomic E-state index is 0.539. The Labute approximate surface area is 169 Å². The van der Waals surface area contributed by atoms with Gasteiger partial charge in [0, 0.05) is 30.0 Å². The predicted octanol–water partition coefficient (Wildman–Crippen LogP) is 4.76. The molecule has 6 nitrogen and oxygen atoms in total. The molecule has 28 heavy (non-hydrogen) atoms. The zero-order chi connectivity index (χ0) is 19.3. The van der Waals surface area contributed by atoms with Crippen LogP contribution in [-0.4, -0.2) is 36.3 Å². The fourth-order valence-electron chi connectivity index (χ4n) is 3.17. The predicted molar refractivity (Wildman–Crippen MR) is 114 cm³/mol. The first-order valence-electron chi connectivity index (χ1n) is 9.24. The summed E-state index contributed by atoms with van der Waals surface area (Å²) in [5.41, 5.74) is 4.12. The molecule has 1 saturated heterocycles. The number of rotatable bonds is 5. The highest BCUT2D eigenvalue weighted by Crippen LogP contribution is 2.29. The van der Waals surface area contributed by atoms with Crippen LogP contribution in [0.1, 0.15) is 5.56 Å². The van der Waals surface area contributed by atoms with Gasteiger partial charge in [-0.3, -0.25) is 0 Å². The van der Waals surface area contributed by atoms with E-state index in [1.165, 1.54) is 0 Å². The summed E-state index contributed by atoms with van der Waals surface area (Å²) >= 11 is 6.04. The molecule has 1 aliphatic heterocycles. The van der Waals surface area contributed by atoms with Crippen molar-refractivity contribution < 1.29 is 4.74 Å². The number of benzene rings is 2. The molecular formula is C21H22ClN5O. The highest BCUT2D eigenvalue weighted by atomic mass is 35.5. The zero-order valence-electron chi connectivity index (χ0n) is 15.7. The lowest BCUT2D eigenvalue weighted by Crippen LogP contribution is -2.36. The van der Waals surface area contributed by atoms with Gasteiger partial charge in [0.2, 0.25) is 5.95 Å². The van der Waals surface area contributed by atoms with Crippen molar-refractivity contribution >= 4 is 40.4 Å². The summed E-state index contributed by atoms with van der Waals surface area (Å²) in [6, 6.07) is 15.8. The molecule has 3 aromatic rings. The number of anilines is 5. The number of aryl methyl sites for hydroxylation is 1. The van der Waals surface area contributed by atoms with Gasteiger partial charge in [-0.25, -0.2) is 4.98 Å². The highest BCUT2D eigenvalue weighted by molar-refractivity contribution is 6.30. The topological polar surface area (TPSA) is 62.3 Å². The van der Waals surface area contributed by atoms with E-state index in [1.54, 1.807) is 6.20 Å². The Balaban J connectivity index is 1.54. The standard InChI is InChI=1S/C21H22ClN5O/c1-15-14-16(22)6-7-17(15)24-20-8-9-23-21(26-20)25-18-4-2-3-5-19(18)27-10-12-28-13-11-27/h2-9,14H,10-13H2,1H3,(H2,23,24,25,26). The van der Waals surface area contributed by atoms with Crippen LogP contribution in [0, 0.1) is 6.92 Å². The van der Waals surface area contributed by atoms with Crippen LogP contribution in [0.15, 0.2) is 54.7 Å². The van der Waals surface area contributed by atoms with Crippen molar-refractivity contribution in [3.05, 3.63) is 65.3 Å². The van der Waals surface area contributed by atoms with E-state index in [1.807, 2.05) is 49.4 Å². The van der Waals surface area contributed by atoms with Crippen LogP contribution in [0.5, 0.6) is 0 Å². The van der Waals surface area contributed by atoms with E-state index in [0.29, 0.717) is 16.8 Å². The van der Waals surface area contributed by atoms with Gasteiger partial charge in [0.1, 0.15) is 5.82 Å². The summed E-state index contributed by atoms with van der Waals surface area (Å²) in [7, 11) is 0. The van der Waals surface area contributed by atoms with E-state index in [9.17, 15) is 0 Å². The van der Waals surface area contributed by atoms with Crippen LogP contribution in [0.3, 0.4) is 0 Å². The van der Waals surface area contributed by atoms with E-state index < -0.39 is 0 Å². The van der Waals surface area contributed by atoms with Gasteiger partial charge in [0.15, 0.2) is 0 Å². The number of ether oxygens (including phenoxy) is 1. The van der Waals surface area contributed by atoms with Crippen molar-refractivity contribution in [2.24, 2.45) is 0 Å². The number of hydrogen-bond donors (Lipinski definition) is 2. The summed E-state index contributed by atoms with van der Waals surface area (Å²) < 4.78 is 5.47. The molecule has 7 heteroatoms. The Morgan fingerprint density at radius 2 is 1.82 bits per heavy atom. The fourth-order valence-corrected chi connectivity index (χ4v) is 3.40. The summed E-state index contributed by atoms with van der Waals surface area (Å²) in [4.78, 5) is 11.3. The third-order valence-corrected chi connectivity index (χ3v) is 4.84. The minimum absolute atomic E-state index is 0.539. The van der Waals surface area contributed by atoms with Crippen LogP contribution < -0.4 is 15.5 Å². The average molecular weight is 396 g/mol. The smallest absolute Gasteiger partial charge is 0.229 e. The van der Waals surface area contributed by atoms with Crippen LogP contribution in [0.25, 0.3) is 0 Å². The Morgan fingerprint density at radius 3 is 2.64 bits per heavy atom. The molecule has 2 heterocycles. The summed E-state index contributed by atoms with van der Waals surface area (Å²) in [6.45, 7) is 5.23. The molecule has 144 valence electrons. The van der Waals surface area contributed by atoms with Crippen molar-refractivity contribution in [3.8, 4) is 0 Å². The Morgan fingerprint density at radius 1 is 1.00 bits per heavy atom. The molecule has 0 aliphatic carbocycles. The molecule has 4 rings (SSSR count). The van der Waals surface area contributed by atoms with Crippen molar-refractivity contribution in [2.75, 3.05) is 41.8 Å². The number of aromatic nitrogens is 2. The molecule has 0 atom stereocenters. The molecule has 0 bridgehead atoms. The molecule has 0 spiro atoms. The molecule has 0 saturated carbocycles. The van der Waals surface area contributed by atoms with Gasteiger partial charge in [0.25, 0.3) is 0 Å². The molecule has 2 aromatic carbocycles. The van der Waals surface area contributed by atoms with E-state index in [2.05, 4.69) is 31.6 Å². The van der Waals surface area contributed by atoms with Crippen LogP contribution in [0.2, 0.25) is 5.02 Å². The SMILES string of the molecule is Cc1cc(Cl)ccc1Nc1ccnc(Nc2ccccc2N2CCOCC2)n1. The maximum absolute atomic E-state index is 6.04. The van der Waals surface area contributed by atoms with Gasteiger partial charge in [-0.15, -0.1) is 0 Å². The highest BCUT2D eigenvalue weighted by Gasteiger charge is 2.15. The monoisotopic (exact) mass is 395 g/mol. The second-order valence-electron chi connectivity index (χ2n) is 6.59. The first kappa shape index (κ1) is 18.5. The number of nitrogens with zero attached hydrogens (tertiary/aromatic N) is 3. The summed E-state index contributed by atoms with van der Waals surface area (Å²) in [5.74, 6) is 1.25. The Bertz CT molecular complexity index is 959. The lowest BCUT2D eigenvalue weighted by atomic mass is 10.2. The lowest BCUT2D eigenvalue weighted by molar-refractivity contribution is 0.123. The molecule has 1 fully saturated rings. The first-order valence-corrected chi connectivity index (χ1v) is 9.62. The Kier molecular flexibility index (Phi) is 5.60. The molecular weight excluding hydrogens is 374 g/mol. The van der Waals surface area contributed by atoms with E-state index in [4.69, 9.17) is 16.3 Å². The van der Waals surface area contributed by atoms with E-state index in [0.717, 1.165) is 48.9 Å². The molecule has 0 unspecified atom stereocenters. The van der Waals surface area contributed by atoms with Gasteiger partial charge < -0.3 is 20.3 Å². The third kappa shape index (κ3) is 4.35. The quantitative estimate of drug-likeness (QED) is 0.649. The number of nitrogens with one attached hydrogen (secondary N) is 2. The minimum Gasteiger partial charge on any atom is -0.378 e. The normalized spacial score (nSPS) is 14.0. The summed E-state index contributed by atoms with van der Waals surface area (Å²) in [5, 5.41) is 7.40. The zero-order valence-corrected chi connectivity index (χ0v) is 16.4. The van der Waals surface area contributed by atoms with Crippen LogP contribution in [-0.2, 0) is 4.74 Å². The van der Waals surface area contributed by atoms with Gasteiger partial charge in [-0.1, -0.05) is 23.7 Å². The van der Waals surface area contributed by atoms with Gasteiger partial charge in [0.05, 0.1) is 24.6 Å². The largest absolute Gasteiger partial charge is 0.378 e. The molecule has 1 aliphatic rings.